The van der Waals surface area contributed by atoms with Crippen molar-refractivity contribution in [3.05, 3.63) is 34.3 Å². The van der Waals surface area contributed by atoms with Gasteiger partial charge in [-0.15, -0.1) is 0 Å². The minimum Gasteiger partial charge on any atom is -0.341 e. The van der Waals surface area contributed by atoms with Crippen LogP contribution in [0.1, 0.15) is 24.9 Å². The molecule has 0 aliphatic rings. The first-order valence-electron chi connectivity index (χ1n) is 6.07. The topological polar surface area (TPSA) is 70.2 Å². The molecule has 1 rings (SSSR count). The molecule has 3 amide bonds. The van der Waals surface area contributed by atoms with E-state index < -0.39 is 6.03 Å². The molecule has 0 aliphatic carbocycles. The van der Waals surface area contributed by atoms with Crippen molar-refractivity contribution < 1.29 is 9.59 Å². The van der Waals surface area contributed by atoms with Crippen molar-refractivity contribution in [3.8, 4) is 0 Å². The van der Waals surface area contributed by atoms with Crippen LogP contribution in [0.3, 0.4) is 0 Å². The molecule has 0 radical (unpaired) electrons. The van der Waals surface area contributed by atoms with Crippen molar-refractivity contribution in [1.82, 2.24) is 16.0 Å². The Balaban J connectivity index is 2.51. The SMILES string of the molecule is CC[C@H](NCC(=O)NC(=O)NC)c1ccc(Br)cc1. The molecule has 3 N–H and O–H groups in total. The molecule has 0 saturated heterocycles. The van der Waals surface area contributed by atoms with Gasteiger partial charge in [0.15, 0.2) is 0 Å². The highest BCUT2D eigenvalue weighted by molar-refractivity contribution is 9.10. The molecule has 5 nitrogen and oxygen atoms in total. The third-order valence-corrected chi connectivity index (χ3v) is 3.20. The van der Waals surface area contributed by atoms with Crippen molar-refractivity contribution in [1.29, 1.82) is 0 Å². The summed E-state index contributed by atoms with van der Waals surface area (Å²) in [5, 5.41) is 7.67. The highest BCUT2D eigenvalue weighted by Gasteiger charge is 2.11. The van der Waals surface area contributed by atoms with Gasteiger partial charge in [0.2, 0.25) is 5.91 Å². The largest absolute Gasteiger partial charge is 0.341 e. The Bertz CT molecular complexity index is 434. The van der Waals surface area contributed by atoms with Crippen LogP contribution in [0.15, 0.2) is 28.7 Å². The smallest absolute Gasteiger partial charge is 0.321 e. The van der Waals surface area contributed by atoms with Crippen LogP contribution >= 0.6 is 15.9 Å². The predicted octanol–water partition coefficient (Wildman–Crippen LogP) is 1.95. The number of hydrogen-bond donors (Lipinski definition) is 3. The molecule has 0 aromatic heterocycles. The number of imide groups is 1. The van der Waals surface area contributed by atoms with Crippen LogP contribution in [0.4, 0.5) is 4.79 Å². The van der Waals surface area contributed by atoms with Crippen LogP contribution in [0.5, 0.6) is 0 Å². The van der Waals surface area contributed by atoms with Gasteiger partial charge in [-0.2, -0.15) is 0 Å². The summed E-state index contributed by atoms with van der Waals surface area (Å²) in [7, 11) is 1.46. The average molecular weight is 328 g/mol. The average Bonchev–Trinajstić information content (AvgIpc) is 2.41. The predicted molar refractivity (Wildman–Crippen MR) is 77.8 cm³/mol. The lowest BCUT2D eigenvalue weighted by Gasteiger charge is -2.17. The Labute approximate surface area is 121 Å². The molecule has 104 valence electrons. The first kappa shape index (κ1) is 15.7. The van der Waals surface area contributed by atoms with Gasteiger partial charge < -0.3 is 10.6 Å². The zero-order chi connectivity index (χ0) is 14.3. The molecule has 1 atom stereocenters. The molecular weight excluding hydrogens is 310 g/mol. The van der Waals surface area contributed by atoms with Gasteiger partial charge in [0.05, 0.1) is 6.54 Å². The van der Waals surface area contributed by atoms with E-state index in [1.807, 2.05) is 31.2 Å². The van der Waals surface area contributed by atoms with E-state index in [1.165, 1.54) is 7.05 Å². The Morgan fingerprint density at radius 2 is 1.89 bits per heavy atom. The molecule has 0 saturated carbocycles. The van der Waals surface area contributed by atoms with Crippen molar-refractivity contribution in [2.24, 2.45) is 0 Å². The molecule has 0 heterocycles. The highest BCUT2D eigenvalue weighted by Crippen LogP contribution is 2.19. The summed E-state index contributed by atoms with van der Waals surface area (Å²) in [5.74, 6) is -0.352. The van der Waals surface area contributed by atoms with E-state index in [4.69, 9.17) is 0 Å². The summed E-state index contributed by atoms with van der Waals surface area (Å²) >= 11 is 3.38. The third kappa shape index (κ3) is 5.40. The van der Waals surface area contributed by atoms with Crippen LogP contribution in [-0.4, -0.2) is 25.5 Å². The molecule has 19 heavy (non-hydrogen) atoms. The number of urea groups is 1. The molecular formula is C13H18BrN3O2. The van der Waals surface area contributed by atoms with Crippen LogP contribution < -0.4 is 16.0 Å². The van der Waals surface area contributed by atoms with Gasteiger partial charge in [-0.3, -0.25) is 10.1 Å². The second-order valence-corrected chi connectivity index (χ2v) is 4.94. The van der Waals surface area contributed by atoms with Gasteiger partial charge in [0, 0.05) is 17.6 Å². The molecule has 1 aromatic carbocycles. The lowest BCUT2D eigenvalue weighted by atomic mass is 10.0. The minimum atomic E-state index is -0.497. The fraction of sp³-hybridized carbons (Fsp3) is 0.385. The molecule has 0 spiro atoms. The minimum absolute atomic E-state index is 0.0866. The maximum absolute atomic E-state index is 11.5. The first-order chi connectivity index (χ1) is 9.06. The summed E-state index contributed by atoms with van der Waals surface area (Å²) in [4.78, 5) is 22.4. The van der Waals surface area contributed by atoms with E-state index in [9.17, 15) is 9.59 Å². The van der Waals surface area contributed by atoms with Crippen LogP contribution in [-0.2, 0) is 4.79 Å². The summed E-state index contributed by atoms with van der Waals surface area (Å²) in [6.07, 6.45) is 0.856. The lowest BCUT2D eigenvalue weighted by Crippen LogP contribution is -2.42. The second kappa shape index (κ2) is 7.91. The Morgan fingerprint density at radius 3 is 2.42 bits per heavy atom. The van der Waals surface area contributed by atoms with Crippen molar-refractivity contribution in [2.45, 2.75) is 19.4 Å². The van der Waals surface area contributed by atoms with Crippen molar-refractivity contribution in [3.63, 3.8) is 0 Å². The fourth-order valence-corrected chi connectivity index (χ4v) is 1.91. The summed E-state index contributed by atoms with van der Waals surface area (Å²) in [6, 6.07) is 7.52. The number of carbonyl (C=O) groups is 2. The molecule has 0 aliphatic heterocycles. The number of rotatable bonds is 5. The van der Waals surface area contributed by atoms with Gasteiger partial charge >= 0.3 is 6.03 Å². The fourth-order valence-electron chi connectivity index (χ4n) is 1.64. The van der Waals surface area contributed by atoms with E-state index >= 15 is 0 Å². The monoisotopic (exact) mass is 327 g/mol. The van der Waals surface area contributed by atoms with Crippen molar-refractivity contribution in [2.75, 3.05) is 13.6 Å². The molecule has 6 heteroatoms. The molecule has 0 fully saturated rings. The molecule has 1 aromatic rings. The maximum atomic E-state index is 11.5. The van der Waals surface area contributed by atoms with Gasteiger partial charge in [-0.05, 0) is 24.1 Å². The summed E-state index contributed by atoms with van der Waals surface area (Å²) < 4.78 is 1.02. The van der Waals surface area contributed by atoms with Gasteiger partial charge in [-0.1, -0.05) is 35.0 Å². The summed E-state index contributed by atoms with van der Waals surface area (Å²) in [5.41, 5.74) is 1.11. The zero-order valence-electron chi connectivity index (χ0n) is 11.0. The van der Waals surface area contributed by atoms with E-state index in [1.54, 1.807) is 0 Å². The van der Waals surface area contributed by atoms with Crippen LogP contribution in [0.2, 0.25) is 0 Å². The van der Waals surface area contributed by atoms with Gasteiger partial charge in [0.25, 0.3) is 0 Å². The zero-order valence-corrected chi connectivity index (χ0v) is 12.6. The van der Waals surface area contributed by atoms with E-state index in [2.05, 4.69) is 31.9 Å². The quantitative estimate of drug-likeness (QED) is 0.774. The lowest BCUT2D eigenvalue weighted by molar-refractivity contribution is -0.119. The number of hydrogen-bond acceptors (Lipinski definition) is 3. The Kier molecular flexibility index (Phi) is 6.52. The molecule has 0 unspecified atom stereocenters. The standard InChI is InChI=1S/C13H18BrN3O2/c1-3-11(9-4-6-10(14)7-5-9)16-8-12(18)17-13(19)15-2/h4-7,11,16H,3,8H2,1-2H3,(H2,15,17,18,19)/t11-/m0/s1. The number of halogens is 1. The van der Waals surface area contributed by atoms with Gasteiger partial charge in [0.1, 0.15) is 0 Å². The number of amides is 3. The number of carbonyl (C=O) groups excluding carboxylic acids is 2. The maximum Gasteiger partial charge on any atom is 0.321 e. The Morgan fingerprint density at radius 1 is 1.26 bits per heavy atom. The number of nitrogens with one attached hydrogen (secondary N) is 3. The summed E-state index contributed by atoms with van der Waals surface area (Å²) in [6.45, 7) is 2.14. The Hall–Kier alpha value is -1.40. The third-order valence-electron chi connectivity index (χ3n) is 2.67. The van der Waals surface area contributed by atoms with Crippen LogP contribution in [0.25, 0.3) is 0 Å². The highest BCUT2D eigenvalue weighted by atomic mass is 79.9. The van der Waals surface area contributed by atoms with E-state index in [-0.39, 0.29) is 18.5 Å². The van der Waals surface area contributed by atoms with Gasteiger partial charge in [-0.25, -0.2) is 4.79 Å². The first-order valence-corrected chi connectivity index (χ1v) is 6.86. The molecule has 0 bridgehead atoms. The van der Waals surface area contributed by atoms with Crippen LogP contribution in [0, 0.1) is 0 Å². The van der Waals surface area contributed by atoms with Crippen molar-refractivity contribution >= 4 is 27.9 Å². The normalized spacial score (nSPS) is 11.7. The van der Waals surface area contributed by atoms with E-state index in [0.717, 1.165) is 16.5 Å². The second-order valence-electron chi connectivity index (χ2n) is 4.02. The number of benzene rings is 1. The van der Waals surface area contributed by atoms with E-state index in [0.29, 0.717) is 0 Å².